The van der Waals surface area contributed by atoms with E-state index in [0.717, 1.165) is 36.3 Å². The van der Waals surface area contributed by atoms with Gasteiger partial charge >= 0.3 is 12.1 Å². The molecule has 24 heavy (non-hydrogen) atoms. The van der Waals surface area contributed by atoms with E-state index in [-0.39, 0.29) is 18.2 Å². The minimum Gasteiger partial charge on any atom is -0.462 e. The van der Waals surface area contributed by atoms with Crippen LogP contribution >= 0.6 is 11.3 Å². The molecule has 0 atom stereocenters. The number of hydrogen-bond acceptors (Lipinski definition) is 5. The largest absolute Gasteiger partial charge is 0.462 e. The minimum absolute atomic E-state index is 0.234. The lowest BCUT2D eigenvalue weighted by Gasteiger charge is -2.08. The molecule has 0 radical (unpaired) electrons. The van der Waals surface area contributed by atoms with Gasteiger partial charge in [0.1, 0.15) is 4.88 Å². The van der Waals surface area contributed by atoms with Crippen molar-refractivity contribution in [2.75, 3.05) is 11.9 Å². The van der Waals surface area contributed by atoms with Crippen LogP contribution in [0.4, 0.5) is 24.0 Å². The number of benzene rings is 1. The standard InChI is InChI=1S/C16H15F3N2O2S/c1-2-23-14(22)13-12(9-6-7-9)21-15(24-13)20-11-5-3-4-10(8-11)16(17,18)19/h3-5,8-9H,2,6-7H2,1H3,(H,20,21). The van der Waals surface area contributed by atoms with Crippen LogP contribution in [-0.2, 0) is 10.9 Å². The van der Waals surface area contributed by atoms with Gasteiger partial charge in [0.05, 0.1) is 17.9 Å². The van der Waals surface area contributed by atoms with E-state index in [2.05, 4.69) is 10.3 Å². The molecule has 1 N–H and O–H groups in total. The van der Waals surface area contributed by atoms with Gasteiger partial charge in [-0.05, 0) is 38.0 Å². The molecule has 0 saturated heterocycles. The molecule has 4 nitrogen and oxygen atoms in total. The van der Waals surface area contributed by atoms with Gasteiger partial charge in [0.25, 0.3) is 0 Å². The van der Waals surface area contributed by atoms with Crippen molar-refractivity contribution in [1.29, 1.82) is 0 Å². The predicted octanol–water partition coefficient (Wildman–Crippen LogP) is 4.96. The highest BCUT2D eigenvalue weighted by Crippen LogP contribution is 2.44. The molecule has 2 aromatic rings. The van der Waals surface area contributed by atoms with Crippen LogP contribution in [0, 0.1) is 0 Å². The number of halogens is 3. The Balaban J connectivity index is 1.85. The van der Waals surface area contributed by atoms with Gasteiger partial charge in [-0.1, -0.05) is 17.4 Å². The molecule has 1 aromatic carbocycles. The van der Waals surface area contributed by atoms with E-state index in [0.29, 0.717) is 15.7 Å². The molecule has 1 aromatic heterocycles. The zero-order valence-corrected chi connectivity index (χ0v) is 13.6. The third-order valence-electron chi connectivity index (χ3n) is 3.52. The number of hydrogen-bond donors (Lipinski definition) is 1. The number of thiazole rings is 1. The number of ether oxygens (including phenoxy) is 1. The third-order valence-corrected chi connectivity index (χ3v) is 4.49. The first kappa shape index (κ1) is 16.8. The number of rotatable bonds is 5. The molecule has 0 unspecified atom stereocenters. The molecular weight excluding hydrogens is 341 g/mol. The molecule has 128 valence electrons. The number of nitrogens with one attached hydrogen (secondary N) is 1. The summed E-state index contributed by atoms with van der Waals surface area (Å²) in [5.41, 5.74) is 0.210. The molecule has 0 amide bonds. The molecule has 0 aliphatic heterocycles. The van der Waals surface area contributed by atoms with Crippen LogP contribution in [0.2, 0.25) is 0 Å². The van der Waals surface area contributed by atoms with Crippen molar-refractivity contribution in [2.24, 2.45) is 0 Å². The lowest BCUT2D eigenvalue weighted by Crippen LogP contribution is -2.05. The van der Waals surface area contributed by atoms with Crippen molar-refractivity contribution in [3.63, 3.8) is 0 Å². The maximum Gasteiger partial charge on any atom is 0.416 e. The summed E-state index contributed by atoms with van der Waals surface area (Å²) < 4.78 is 43.4. The van der Waals surface area contributed by atoms with E-state index in [1.807, 2.05) is 0 Å². The number of alkyl halides is 3. The monoisotopic (exact) mass is 356 g/mol. The maximum atomic E-state index is 12.8. The zero-order valence-electron chi connectivity index (χ0n) is 12.8. The molecule has 0 spiro atoms. The summed E-state index contributed by atoms with van der Waals surface area (Å²) >= 11 is 1.11. The van der Waals surface area contributed by atoms with Crippen LogP contribution in [0.5, 0.6) is 0 Å². The number of aromatic nitrogens is 1. The number of anilines is 2. The highest BCUT2D eigenvalue weighted by atomic mass is 32.1. The van der Waals surface area contributed by atoms with Crippen molar-refractivity contribution < 1.29 is 22.7 Å². The summed E-state index contributed by atoms with van der Waals surface area (Å²) in [6.45, 7) is 1.98. The lowest BCUT2D eigenvalue weighted by molar-refractivity contribution is -0.137. The summed E-state index contributed by atoms with van der Waals surface area (Å²) in [7, 11) is 0. The molecular formula is C16H15F3N2O2S. The van der Waals surface area contributed by atoms with Crippen LogP contribution in [0.1, 0.15) is 46.6 Å². The Hall–Kier alpha value is -2.09. The maximum absolute atomic E-state index is 12.8. The SMILES string of the molecule is CCOC(=O)c1sc(Nc2cccc(C(F)(F)F)c2)nc1C1CC1. The normalized spacial score (nSPS) is 14.5. The molecule has 1 aliphatic rings. The van der Waals surface area contributed by atoms with Gasteiger partial charge in [-0.2, -0.15) is 13.2 Å². The Bertz CT molecular complexity index is 754. The highest BCUT2D eigenvalue weighted by Gasteiger charge is 2.33. The number of esters is 1. The second kappa shape index (κ2) is 6.43. The average Bonchev–Trinajstić information content (AvgIpc) is 3.28. The predicted molar refractivity (Wildman–Crippen MR) is 84.8 cm³/mol. The van der Waals surface area contributed by atoms with Crippen molar-refractivity contribution >= 4 is 28.1 Å². The molecule has 8 heteroatoms. The third kappa shape index (κ3) is 3.69. The summed E-state index contributed by atoms with van der Waals surface area (Å²) in [6.07, 6.45) is -2.49. The molecule has 1 aliphatic carbocycles. The van der Waals surface area contributed by atoms with Gasteiger partial charge in [-0.3, -0.25) is 0 Å². The van der Waals surface area contributed by atoms with Gasteiger partial charge < -0.3 is 10.1 Å². The van der Waals surface area contributed by atoms with Gasteiger partial charge in [0.2, 0.25) is 0 Å². The molecule has 1 saturated carbocycles. The van der Waals surface area contributed by atoms with Gasteiger partial charge in [-0.15, -0.1) is 0 Å². The Morgan fingerprint density at radius 3 is 2.79 bits per heavy atom. The fourth-order valence-electron chi connectivity index (χ4n) is 2.26. The first-order valence-electron chi connectivity index (χ1n) is 7.50. The minimum atomic E-state index is -4.41. The van der Waals surface area contributed by atoms with Crippen molar-refractivity contribution in [3.05, 3.63) is 40.4 Å². The number of carbonyl (C=O) groups is 1. The summed E-state index contributed by atoms with van der Waals surface area (Å²) in [4.78, 5) is 16.8. The van der Waals surface area contributed by atoms with Crippen LogP contribution < -0.4 is 5.32 Å². The van der Waals surface area contributed by atoms with Gasteiger partial charge in [0, 0.05) is 11.6 Å². The smallest absolute Gasteiger partial charge is 0.416 e. The van der Waals surface area contributed by atoms with E-state index < -0.39 is 17.7 Å². The quantitative estimate of drug-likeness (QED) is 0.770. The summed E-state index contributed by atoms with van der Waals surface area (Å²) in [6, 6.07) is 4.87. The van der Waals surface area contributed by atoms with Crippen LogP contribution in [0.3, 0.4) is 0 Å². The molecule has 1 heterocycles. The lowest BCUT2D eigenvalue weighted by atomic mass is 10.2. The average molecular weight is 356 g/mol. The Morgan fingerprint density at radius 2 is 2.17 bits per heavy atom. The highest BCUT2D eigenvalue weighted by molar-refractivity contribution is 7.17. The second-order valence-electron chi connectivity index (χ2n) is 5.43. The number of carbonyl (C=O) groups excluding carboxylic acids is 1. The molecule has 0 bridgehead atoms. The summed E-state index contributed by atoms with van der Waals surface area (Å²) in [5.74, 6) is -0.202. The van der Waals surface area contributed by atoms with Crippen molar-refractivity contribution in [2.45, 2.75) is 31.9 Å². The Morgan fingerprint density at radius 1 is 1.42 bits per heavy atom. The summed E-state index contributed by atoms with van der Waals surface area (Å²) in [5, 5.41) is 3.24. The zero-order chi connectivity index (χ0) is 17.3. The fourth-order valence-corrected chi connectivity index (χ4v) is 3.22. The number of nitrogens with zero attached hydrogens (tertiary/aromatic N) is 1. The van der Waals surface area contributed by atoms with Crippen LogP contribution in [0.15, 0.2) is 24.3 Å². The van der Waals surface area contributed by atoms with Crippen LogP contribution in [0.25, 0.3) is 0 Å². The van der Waals surface area contributed by atoms with E-state index >= 15 is 0 Å². The van der Waals surface area contributed by atoms with E-state index in [4.69, 9.17) is 4.74 Å². The molecule has 3 rings (SSSR count). The second-order valence-corrected chi connectivity index (χ2v) is 6.43. The van der Waals surface area contributed by atoms with Crippen LogP contribution in [-0.4, -0.2) is 17.6 Å². The van der Waals surface area contributed by atoms with Gasteiger partial charge in [0.15, 0.2) is 5.13 Å². The first-order valence-corrected chi connectivity index (χ1v) is 8.32. The van der Waals surface area contributed by atoms with Crippen molar-refractivity contribution in [1.82, 2.24) is 4.98 Å². The van der Waals surface area contributed by atoms with Gasteiger partial charge in [-0.25, -0.2) is 9.78 Å². The fraction of sp³-hybridized carbons (Fsp3) is 0.375. The van der Waals surface area contributed by atoms with E-state index in [1.54, 1.807) is 6.92 Å². The first-order chi connectivity index (χ1) is 11.4. The Kier molecular flexibility index (Phi) is 4.49. The molecule has 1 fully saturated rings. The Labute approximate surface area is 140 Å². The van der Waals surface area contributed by atoms with E-state index in [1.165, 1.54) is 12.1 Å². The van der Waals surface area contributed by atoms with E-state index in [9.17, 15) is 18.0 Å². The topological polar surface area (TPSA) is 51.2 Å². The van der Waals surface area contributed by atoms with Crippen molar-refractivity contribution in [3.8, 4) is 0 Å².